The van der Waals surface area contributed by atoms with E-state index >= 15 is 0 Å². The zero-order valence-electron chi connectivity index (χ0n) is 18.4. The average molecular weight is 602 g/mol. The van der Waals surface area contributed by atoms with Crippen molar-refractivity contribution >= 4 is 55.5 Å². The Morgan fingerprint density at radius 3 is 2.54 bits per heavy atom. The van der Waals surface area contributed by atoms with Gasteiger partial charge >= 0.3 is 5.97 Å². The Morgan fingerprint density at radius 2 is 1.86 bits per heavy atom. The standard InChI is InChI=1S/C25H18Br2N2O6/c1-2-33-22-13-16(11-20(27)23(22)34-14-15-4-3-5-18(26)10-15)12-21-25(30)35-24(28-21)17-6-8-19(9-7-17)29(31)32/h3-13H,2,14H2,1H3/b21-12-. The summed E-state index contributed by atoms with van der Waals surface area (Å²) in [6.07, 6.45) is 1.58. The highest BCUT2D eigenvalue weighted by atomic mass is 79.9. The van der Waals surface area contributed by atoms with E-state index < -0.39 is 10.9 Å². The molecule has 4 rings (SSSR count). The average Bonchev–Trinajstić information content (AvgIpc) is 3.19. The number of hydrogen-bond donors (Lipinski definition) is 0. The Hall–Kier alpha value is -3.50. The van der Waals surface area contributed by atoms with Crippen molar-refractivity contribution in [3.63, 3.8) is 0 Å². The number of nitro groups is 1. The third-order valence-electron chi connectivity index (χ3n) is 4.85. The summed E-state index contributed by atoms with van der Waals surface area (Å²) in [7, 11) is 0. The summed E-state index contributed by atoms with van der Waals surface area (Å²) in [5, 5.41) is 10.8. The zero-order valence-corrected chi connectivity index (χ0v) is 21.5. The predicted molar refractivity (Wildman–Crippen MR) is 137 cm³/mol. The van der Waals surface area contributed by atoms with Crippen LogP contribution in [0.4, 0.5) is 5.69 Å². The maximum atomic E-state index is 12.4. The van der Waals surface area contributed by atoms with Crippen molar-refractivity contribution in [1.82, 2.24) is 0 Å². The van der Waals surface area contributed by atoms with Crippen LogP contribution in [0.25, 0.3) is 6.08 Å². The van der Waals surface area contributed by atoms with E-state index in [1.807, 2.05) is 31.2 Å². The number of nitrogens with zero attached hydrogens (tertiary/aromatic N) is 2. The molecule has 1 aliphatic heterocycles. The fourth-order valence-corrected chi connectivity index (χ4v) is 4.29. The van der Waals surface area contributed by atoms with Gasteiger partial charge in [-0.2, -0.15) is 0 Å². The molecular formula is C25H18Br2N2O6. The lowest BCUT2D eigenvalue weighted by molar-refractivity contribution is -0.384. The summed E-state index contributed by atoms with van der Waals surface area (Å²) in [4.78, 5) is 27.0. The number of carbonyl (C=O) groups is 1. The second kappa shape index (κ2) is 10.8. The normalized spacial score (nSPS) is 14.0. The van der Waals surface area contributed by atoms with Crippen molar-refractivity contribution in [3.05, 3.63) is 102 Å². The van der Waals surface area contributed by atoms with E-state index in [0.29, 0.717) is 40.3 Å². The van der Waals surface area contributed by atoms with Crippen molar-refractivity contribution < 1.29 is 23.9 Å². The minimum Gasteiger partial charge on any atom is -0.490 e. The summed E-state index contributed by atoms with van der Waals surface area (Å²) < 4.78 is 18.7. The monoisotopic (exact) mass is 600 g/mol. The van der Waals surface area contributed by atoms with Crippen molar-refractivity contribution in [2.24, 2.45) is 4.99 Å². The van der Waals surface area contributed by atoms with E-state index in [1.165, 1.54) is 24.3 Å². The van der Waals surface area contributed by atoms with Gasteiger partial charge in [0.25, 0.3) is 5.69 Å². The first-order chi connectivity index (χ1) is 16.8. The van der Waals surface area contributed by atoms with Crippen LogP contribution < -0.4 is 9.47 Å². The molecule has 0 aromatic heterocycles. The molecule has 0 unspecified atom stereocenters. The predicted octanol–water partition coefficient (Wildman–Crippen LogP) is 6.44. The second-order valence-corrected chi connectivity index (χ2v) is 9.09. The molecule has 0 amide bonds. The molecule has 178 valence electrons. The third-order valence-corrected chi connectivity index (χ3v) is 5.94. The SMILES string of the molecule is CCOc1cc(/C=C2\N=C(c3ccc([N+](=O)[O-])cc3)OC2=O)cc(Br)c1OCc1cccc(Br)c1. The van der Waals surface area contributed by atoms with Gasteiger partial charge in [-0.15, -0.1) is 0 Å². The van der Waals surface area contributed by atoms with E-state index in [2.05, 4.69) is 36.9 Å². The van der Waals surface area contributed by atoms with Crippen LogP contribution in [-0.2, 0) is 16.1 Å². The highest BCUT2D eigenvalue weighted by molar-refractivity contribution is 9.10. The van der Waals surface area contributed by atoms with Crippen LogP contribution in [0, 0.1) is 10.1 Å². The van der Waals surface area contributed by atoms with Gasteiger partial charge in [0.1, 0.15) is 6.61 Å². The first-order valence-corrected chi connectivity index (χ1v) is 12.0. The molecule has 0 N–H and O–H groups in total. The van der Waals surface area contributed by atoms with Crippen molar-refractivity contribution in [2.45, 2.75) is 13.5 Å². The highest BCUT2D eigenvalue weighted by Gasteiger charge is 2.25. The summed E-state index contributed by atoms with van der Waals surface area (Å²) in [6, 6.07) is 17.0. The van der Waals surface area contributed by atoms with E-state index in [1.54, 1.807) is 18.2 Å². The molecule has 35 heavy (non-hydrogen) atoms. The molecule has 10 heteroatoms. The number of hydrogen-bond acceptors (Lipinski definition) is 7. The third kappa shape index (κ3) is 5.95. The number of cyclic esters (lactones) is 1. The molecule has 0 radical (unpaired) electrons. The zero-order chi connectivity index (χ0) is 24.9. The molecule has 0 saturated carbocycles. The second-order valence-electron chi connectivity index (χ2n) is 7.32. The molecule has 0 atom stereocenters. The molecule has 8 nitrogen and oxygen atoms in total. The van der Waals surface area contributed by atoms with Gasteiger partial charge in [-0.3, -0.25) is 10.1 Å². The van der Waals surface area contributed by atoms with Gasteiger partial charge in [-0.1, -0.05) is 28.1 Å². The number of carbonyl (C=O) groups excluding carboxylic acids is 1. The van der Waals surface area contributed by atoms with Crippen LogP contribution in [-0.4, -0.2) is 23.4 Å². The van der Waals surface area contributed by atoms with Crippen LogP contribution in [0.1, 0.15) is 23.6 Å². The number of esters is 1. The molecule has 0 spiro atoms. The minimum atomic E-state index is -0.623. The fourth-order valence-electron chi connectivity index (χ4n) is 3.27. The van der Waals surface area contributed by atoms with Gasteiger partial charge in [0.05, 0.1) is 16.0 Å². The summed E-state index contributed by atoms with van der Waals surface area (Å²) in [5.74, 6) is 0.504. The topological polar surface area (TPSA) is 100 Å². The Morgan fingerprint density at radius 1 is 1.09 bits per heavy atom. The fraction of sp³-hybridized carbons (Fsp3) is 0.120. The number of benzene rings is 3. The quantitative estimate of drug-likeness (QED) is 0.127. The van der Waals surface area contributed by atoms with Gasteiger partial charge in [0, 0.05) is 22.2 Å². The molecule has 0 bridgehead atoms. The molecule has 0 aliphatic carbocycles. The van der Waals surface area contributed by atoms with Crippen LogP contribution in [0.3, 0.4) is 0 Å². The maximum Gasteiger partial charge on any atom is 0.363 e. The van der Waals surface area contributed by atoms with E-state index in [4.69, 9.17) is 14.2 Å². The first kappa shape index (κ1) is 24.6. The largest absolute Gasteiger partial charge is 0.490 e. The van der Waals surface area contributed by atoms with Gasteiger partial charge in [0.15, 0.2) is 17.2 Å². The van der Waals surface area contributed by atoms with Crippen molar-refractivity contribution in [3.8, 4) is 11.5 Å². The maximum absolute atomic E-state index is 12.4. The van der Waals surface area contributed by atoms with E-state index in [9.17, 15) is 14.9 Å². The summed E-state index contributed by atoms with van der Waals surface area (Å²) >= 11 is 6.99. The molecule has 1 aliphatic rings. The first-order valence-electron chi connectivity index (χ1n) is 10.4. The molecule has 3 aromatic carbocycles. The Balaban J connectivity index is 1.59. The number of rotatable bonds is 8. The lowest BCUT2D eigenvalue weighted by Gasteiger charge is -2.15. The lowest BCUT2D eigenvalue weighted by atomic mass is 10.1. The molecule has 3 aromatic rings. The van der Waals surface area contributed by atoms with Crippen LogP contribution >= 0.6 is 31.9 Å². The van der Waals surface area contributed by atoms with Crippen LogP contribution in [0.5, 0.6) is 11.5 Å². The molecular weight excluding hydrogens is 584 g/mol. The Labute approximate surface area is 217 Å². The van der Waals surface area contributed by atoms with E-state index in [0.717, 1.165) is 10.0 Å². The van der Waals surface area contributed by atoms with Gasteiger partial charge in [0.2, 0.25) is 5.90 Å². The Bertz CT molecular complexity index is 1350. The Kier molecular flexibility index (Phi) is 7.62. The summed E-state index contributed by atoms with van der Waals surface area (Å²) in [5.41, 5.74) is 2.12. The van der Waals surface area contributed by atoms with Crippen molar-refractivity contribution in [1.29, 1.82) is 0 Å². The number of aliphatic imine (C=N–C) groups is 1. The van der Waals surface area contributed by atoms with Gasteiger partial charge in [-0.05, 0) is 76.5 Å². The molecule has 0 fully saturated rings. The number of nitro benzene ring substituents is 1. The number of halogens is 2. The van der Waals surface area contributed by atoms with Crippen LogP contribution in [0.2, 0.25) is 0 Å². The van der Waals surface area contributed by atoms with Gasteiger partial charge in [-0.25, -0.2) is 9.79 Å². The van der Waals surface area contributed by atoms with Crippen molar-refractivity contribution in [2.75, 3.05) is 6.61 Å². The van der Waals surface area contributed by atoms with Gasteiger partial charge < -0.3 is 14.2 Å². The summed E-state index contributed by atoms with van der Waals surface area (Å²) in [6.45, 7) is 2.63. The minimum absolute atomic E-state index is 0.0649. The van der Waals surface area contributed by atoms with E-state index in [-0.39, 0.29) is 17.3 Å². The molecule has 1 heterocycles. The smallest absolute Gasteiger partial charge is 0.363 e. The number of ether oxygens (including phenoxy) is 3. The lowest BCUT2D eigenvalue weighted by Crippen LogP contribution is -2.05. The number of non-ortho nitro benzene ring substituents is 1. The van der Waals surface area contributed by atoms with Crippen LogP contribution in [0.15, 0.2) is 80.3 Å². The molecule has 0 saturated heterocycles. The highest BCUT2D eigenvalue weighted by Crippen LogP contribution is 2.38.